The van der Waals surface area contributed by atoms with Crippen LogP contribution in [0.2, 0.25) is 0 Å². The number of unbranched alkanes of at least 4 members (excludes halogenated alkanes) is 1. The summed E-state index contributed by atoms with van der Waals surface area (Å²) in [7, 11) is 1.71. The average Bonchev–Trinajstić information content (AvgIpc) is 4.26. The van der Waals surface area contributed by atoms with Crippen LogP contribution in [0, 0.1) is 23.1 Å². The topological polar surface area (TPSA) is 158 Å². The van der Waals surface area contributed by atoms with Crippen molar-refractivity contribution < 1.29 is 37.8 Å². The van der Waals surface area contributed by atoms with Gasteiger partial charge in [-0.05, 0) is 194 Å². The summed E-state index contributed by atoms with van der Waals surface area (Å²) in [6.07, 6.45) is 15.6. The summed E-state index contributed by atoms with van der Waals surface area (Å²) < 4.78 is 32.1. The number of ether oxygens (including phenoxy) is 3. The summed E-state index contributed by atoms with van der Waals surface area (Å²) in [5, 5.41) is 8.95. The highest BCUT2D eigenvalue weighted by Gasteiger charge is 2.56. The Labute approximate surface area is 456 Å². The number of amides is 4. The molecule has 11 rings (SSSR count). The number of halogens is 1. The molecule has 0 unspecified atom stereocenters. The third-order valence-corrected chi connectivity index (χ3v) is 17.6. The van der Waals surface area contributed by atoms with Gasteiger partial charge >= 0.3 is 0 Å². The molecule has 5 aromatic rings. The van der Waals surface area contributed by atoms with Crippen LogP contribution in [-0.2, 0) is 25.7 Å². The minimum atomic E-state index is -1.16. The predicted octanol–water partition coefficient (Wildman–Crippen LogP) is 10.2. The molecule has 15 nitrogen and oxygen atoms in total. The van der Waals surface area contributed by atoms with Gasteiger partial charge in [0.15, 0.2) is 0 Å². The number of anilines is 3. The molecule has 6 aliphatic rings. The molecule has 4 saturated heterocycles. The lowest BCUT2D eigenvalue weighted by Crippen LogP contribution is -2.50. The Bertz CT molecular complexity index is 3000. The molecule has 3 N–H and O–H groups in total. The minimum Gasteiger partial charge on any atom is -0.495 e. The van der Waals surface area contributed by atoms with Crippen LogP contribution in [0.5, 0.6) is 23.0 Å². The monoisotopic (exact) mass is 1060 g/mol. The number of hydrogen-bond acceptors (Lipinski definition) is 12. The van der Waals surface area contributed by atoms with Crippen molar-refractivity contribution in [2.45, 2.75) is 109 Å². The van der Waals surface area contributed by atoms with Crippen molar-refractivity contribution in [3.8, 4) is 23.0 Å². The van der Waals surface area contributed by atoms with E-state index in [1.165, 1.54) is 102 Å². The number of likely N-dealkylation sites (tertiary alicyclic amines) is 2. The zero-order chi connectivity index (χ0) is 53.8. The molecular weight excluding hydrogens is 988 g/mol. The molecule has 6 heterocycles. The first kappa shape index (κ1) is 53.0. The minimum absolute atomic E-state index is 0.205. The van der Waals surface area contributed by atoms with Crippen LogP contribution >= 0.6 is 0 Å². The highest BCUT2D eigenvalue weighted by atomic mass is 19.1. The van der Waals surface area contributed by atoms with Crippen molar-refractivity contribution in [2.24, 2.45) is 17.3 Å². The van der Waals surface area contributed by atoms with E-state index in [9.17, 15) is 23.6 Å². The molecule has 0 spiro atoms. The molecule has 1 atom stereocenters. The van der Waals surface area contributed by atoms with Gasteiger partial charge in [0.05, 0.1) is 24.9 Å². The number of carbonyl (C=O) groups is 4. The Hall–Kier alpha value is -7.04. The van der Waals surface area contributed by atoms with Gasteiger partial charge in [-0.1, -0.05) is 25.1 Å². The van der Waals surface area contributed by atoms with E-state index in [2.05, 4.69) is 43.3 Å². The van der Waals surface area contributed by atoms with Gasteiger partial charge in [-0.2, -0.15) is 0 Å². The van der Waals surface area contributed by atoms with Gasteiger partial charge in [0.25, 0.3) is 0 Å². The van der Waals surface area contributed by atoms with Gasteiger partial charge in [-0.3, -0.25) is 29.5 Å². The van der Waals surface area contributed by atoms with Gasteiger partial charge in [-0.25, -0.2) is 4.39 Å². The maximum atomic E-state index is 13.4. The smallest absolute Gasteiger partial charge is 0.249 e. The molecule has 5 fully saturated rings. The number of piperidine rings is 4. The first-order valence-electron chi connectivity index (χ1n) is 28.4. The number of aromatic nitrogens is 1. The number of nitrogens with zero attached hydrogens (tertiary/aromatic N) is 5. The average molecular weight is 1060 g/mol. The Balaban J connectivity index is 0.576. The van der Waals surface area contributed by atoms with Crippen LogP contribution in [-0.4, -0.2) is 115 Å². The summed E-state index contributed by atoms with van der Waals surface area (Å²) in [4.78, 5) is 65.3. The van der Waals surface area contributed by atoms with E-state index in [1.807, 2.05) is 35.2 Å². The maximum absolute atomic E-state index is 13.4. The second-order valence-corrected chi connectivity index (χ2v) is 22.4. The van der Waals surface area contributed by atoms with Gasteiger partial charge < -0.3 is 44.4 Å². The highest BCUT2D eigenvalue weighted by molar-refractivity contribution is 6.17. The Kier molecular flexibility index (Phi) is 16.0. The lowest BCUT2D eigenvalue weighted by Gasteiger charge is -2.42. The SMILES string of the molecule is C=C1c2cccc(OCCCCC3CCN(C4CCN(CCC5CCN(c6cc7nccc(Oc8ccc(NC(=O)C9(C(=O)Nc%10ccc(F)cc%10)CC9)cc8)c7cc6OC)CC5)CC4)CC3)c2CN1[C@H]1CCC(=O)NC1=O. The lowest BCUT2D eigenvalue weighted by molar-refractivity contribution is -0.137. The summed E-state index contributed by atoms with van der Waals surface area (Å²) in [6, 6.07) is 24.9. The Morgan fingerprint density at radius 2 is 1.47 bits per heavy atom. The number of pyridine rings is 1. The lowest BCUT2D eigenvalue weighted by atomic mass is 9.89. The number of carbonyl (C=O) groups excluding carboxylic acids is 4. The fourth-order valence-corrected chi connectivity index (χ4v) is 12.6. The summed E-state index contributed by atoms with van der Waals surface area (Å²) in [5.41, 5.74) is 4.63. The second kappa shape index (κ2) is 23.5. The molecular formula is C62H73FN8O7. The summed E-state index contributed by atoms with van der Waals surface area (Å²) in [6.45, 7) is 13.5. The third kappa shape index (κ3) is 11.8. The van der Waals surface area contributed by atoms with E-state index in [4.69, 9.17) is 19.2 Å². The van der Waals surface area contributed by atoms with Crippen molar-refractivity contribution in [1.82, 2.24) is 25.0 Å². The van der Waals surface area contributed by atoms with Gasteiger partial charge in [-0.15, -0.1) is 0 Å². The largest absolute Gasteiger partial charge is 0.495 e. The molecule has 78 heavy (non-hydrogen) atoms. The third-order valence-electron chi connectivity index (χ3n) is 17.6. The molecule has 16 heteroatoms. The van der Waals surface area contributed by atoms with Crippen LogP contribution in [0.1, 0.15) is 101 Å². The van der Waals surface area contributed by atoms with E-state index in [-0.39, 0.29) is 23.8 Å². The molecule has 1 aromatic heterocycles. The van der Waals surface area contributed by atoms with Crippen LogP contribution in [0.3, 0.4) is 0 Å². The second-order valence-electron chi connectivity index (χ2n) is 22.4. The van der Waals surface area contributed by atoms with Crippen LogP contribution in [0.15, 0.2) is 97.7 Å². The maximum Gasteiger partial charge on any atom is 0.249 e. The van der Waals surface area contributed by atoms with Crippen molar-refractivity contribution in [3.63, 3.8) is 0 Å². The fourth-order valence-electron chi connectivity index (χ4n) is 12.6. The number of rotatable bonds is 19. The van der Waals surface area contributed by atoms with Crippen molar-refractivity contribution >= 4 is 57.3 Å². The van der Waals surface area contributed by atoms with Crippen LogP contribution < -0.4 is 35.1 Å². The Morgan fingerprint density at radius 1 is 0.782 bits per heavy atom. The number of fused-ring (bicyclic) bond motifs is 2. The number of methoxy groups -OCH3 is 1. The van der Waals surface area contributed by atoms with Crippen LogP contribution in [0.25, 0.3) is 16.6 Å². The first-order chi connectivity index (χ1) is 38.0. The van der Waals surface area contributed by atoms with Crippen LogP contribution in [0.4, 0.5) is 21.5 Å². The number of benzene rings is 4. The first-order valence-corrected chi connectivity index (χ1v) is 28.4. The molecule has 5 aliphatic heterocycles. The number of hydrogen-bond donors (Lipinski definition) is 3. The molecule has 4 amide bonds. The Morgan fingerprint density at radius 3 is 2.17 bits per heavy atom. The quantitative estimate of drug-likeness (QED) is 0.0409. The zero-order valence-corrected chi connectivity index (χ0v) is 44.9. The molecule has 1 aliphatic carbocycles. The van der Waals surface area contributed by atoms with E-state index < -0.39 is 17.1 Å². The van der Waals surface area contributed by atoms with E-state index in [0.29, 0.717) is 73.7 Å². The zero-order valence-electron chi connectivity index (χ0n) is 44.9. The standard InChI is InChI=1S/C62H73FN8O7/c1-41-49-7-5-8-55(51(49)40-71(41)53-17-18-58(72)67-59(53)73)77-37-4-3-6-42-21-33-69(34-22-42)47-25-31-68(32-26-47)30-20-43-23-35-70(36-24-43)54-39-52-50(38-57(54)76-2)56(19-29-64-52)78-48-15-13-46(14-16-48)66-61(75)62(27-28-62)60(74)65-45-11-9-44(63)10-12-45/h5,7-16,19,29,38-39,42-43,47,53H,1,3-4,6,17-18,20-28,30-37,40H2,2H3,(H,65,74)(H,66,75)(H,67,72,73)/t53-/m0/s1. The fraction of sp³-hybridized carbons (Fsp3) is 0.468. The van der Waals surface area contributed by atoms with Crippen molar-refractivity contribution in [2.75, 3.05) is 75.1 Å². The predicted molar refractivity (Wildman–Crippen MR) is 300 cm³/mol. The number of nitrogens with one attached hydrogen (secondary N) is 3. The summed E-state index contributed by atoms with van der Waals surface area (Å²) in [5.74, 6) is 2.74. The molecule has 410 valence electrons. The van der Waals surface area contributed by atoms with Crippen molar-refractivity contribution in [1.29, 1.82) is 0 Å². The van der Waals surface area contributed by atoms with E-state index in [1.54, 1.807) is 37.6 Å². The van der Waals surface area contributed by atoms with Gasteiger partial charge in [0.1, 0.15) is 40.3 Å². The number of imide groups is 1. The van der Waals surface area contributed by atoms with Gasteiger partial charge in [0, 0.05) is 71.9 Å². The highest BCUT2D eigenvalue weighted by Crippen LogP contribution is 2.48. The van der Waals surface area contributed by atoms with Gasteiger partial charge in [0.2, 0.25) is 23.6 Å². The normalized spacial score (nSPS) is 20.3. The molecule has 1 saturated carbocycles. The van der Waals surface area contributed by atoms with E-state index >= 15 is 0 Å². The molecule has 0 radical (unpaired) electrons. The van der Waals surface area contributed by atoms with Crippen molar-refractivity contribution in [3.05, 3.63) is 115 Å². The van der Waals surface area contributed by atoms with E-state index in [0.717, 1.165) is 83.2 Å². The molecule has 0 bridgehead atoms. The molecule has 4 aromatic carbocycles. The summed E-state index contributed by atoms with van der Waals surface area (Å²) >= 11 is 0.